The van der Waals surface area contributed by atoms with E-state index in [1.807, 2.05) is 54.7 Å². The van der Waals surface area contributed by atoms with Crippen LogP contribution in [0.4, 0.5) is 4.79 Å². The highest BCUT2D eigenvalue weighted by Crippen LogP contribution is 2.40. The number of aromatic amines is 1. The van der Waals surface area contributed by atoms with E-state index in [2.05, 4.69) is 10.3 Å². The van der Waals surface area contributed by atoms with Crippen molar-refractivity contribution in [3.05, 3.63) is 71.4 Å². The number of aliphatic carboxylic acids is 1. The number of nitrogens with one attached hydrogen (secondary N) is 2. The minimum Gasteiger partial charge on any atom is -0.481 e. The van der Waals surface area contributed by atoms with E-state index < -0.39 is 12.1 Å². The van der Waals surface area contributed by atoms with Crippen LogP contribution in [0, 0.1) is 0 Å². The highest BCUT2D eigenvalue weighted by atomic mass is 16.5. The number of hydrogen-bond donors (Lipinski definition) is 3. The number of benzene rings is 2. The van der Waals surface area contributed by atoms with Crippen molar-refractivity contribution in [2.45, 2.75) is 37.8 Å². The number of carbonyl (C=O) groups is 2. The van der Waals surface area contributed by atoms with Crippen molar-refractivity contribution in [2.24, 2.45) is 0 Å². The van der Waals surface area contributed by atoms with Gasteiger partial charge in [0.05, 0.1) is 6.42 Å². The SMILES string of the molecule is O=C(O)Cc1ccc2[nH]cc(C3CC(NC(=O)OCc4ccccc4)C3)c2c1. The average molecular weight is 378 g/mol. The number of alkyl carbamates (subject to hydrolysis) is 1. The molecule has 1 fully saturated rings. The summed E-state index contributed by atoms with van der Waals surface area (Å²) in [6.07, 6.45) is 3.30. The van der Waals surface area contributed by atoms with E-state index in [4.69, 9.17) is 9.84 Å². The summed E-state index contributed by atoms with van der Waals surface area (Å²) in [5.41, 5.74) is 3.93. The van der Waals surface area contributed by atoms with Gasteiger partial charge in [-0.15, -0.1) is 0 Å². The van der Waals surface area contributed by atoms with Gasteiger partial charge in [0.2, 0.25) is 0 Å². The Morgan fingerprint density at radius 3 is 2.64 bits per heavy atom. The second-order valence-corrected chi connectivity index (χ2v) is 7.27. The number of H-pyrrole nitrogens is 1. The third-order valence-corrected chi connectivity index (χ3v) is 5.25. The number of carboxylic acids is 1. The summed E-state index contributed by atoms with van der Waals surface area (Å²) >= 11 is 0. The van der Waals surface area contributed by atoms with E-state index >= 15 is 0 Å². The van der Waals surface area contributed by atoms with Crippen molar-refractivity contribution in [1.29, 1.82) is 0 Å². The minimum atomic E-state index is -0.835. The van der Waals surface area contributed by atoms with Crippen molar-refractivity contribution in [1.82, 2.24) is 10.3 Å². The summed E-state index contributed by atoms with van der Waals surface area (Å²) in [7, 11) is 0. The zero-order chi connectivity index (χ0) is 19.5. The first kappa shape index (κ1) is 18.1. The third-order valence-electron chi connectivity index (χ3n) is 5.25. The molecule has 1 amide bonds. The predicted octanol–water partition coefficient (Wildman–Crippen LogP) is 3.97. The molecule has 0 radical (unpaired) electrons. The van der Waals surface area contributed by atoms with E-state index in [0.29, 0.717) is 5.92 Å². The topological polar surface area (TPSA) is 91.4 Å². The van der Waals surface area contributed by atoms with Gasteiger partial charge in [0.25, 0.3) is 0 Å². The molecule has 0 unspecified atom stereocenters. The Morgan fingerprint density at radius 1 is 1.11 bits per heavy atom. The first-order valence-corrected chi connectivity index (χ1v) is 9.37. The van der Waals surface area contributed by atoms with E-state index in [9.17, 15) is 9.59 Å². The van der Waals surface area contributed by atoms with Gasteiger partial charge in [0.1, 0.15) is 6.61 Å². The molecule has 6 heteroatoms. The fourth-order valence-corrected chi connectivity index (χ4v) is 3.73. The Balaban J connectivity index is 1.32. The number of rotatable bonds is 6. The molecule has 144 valence electrons. The molecule has 3 N–H and O–H groups in total. The minimum absolute atomic E-state index is 0.0165. The summed E-state index contributed by atoms with van der Waals surface area (Å²) in [5, 5.41) is 13.0. The number of ether oxygens (including phenoxy) is 1. The van der Waals surface area contributed by atoms with Gasteiger partial charge in [-0.25, -0.2) is 4.79 Å². The lowest BCUT2D eigenvalue weighted by Crippen LogP contribution is -2.43. The van der Waals surface area contributed by atoms with Gasteiger partial charge in [-0.1, -0.05) is 36.4 Å². The van der Waals surface area contributed by atoms with Crippen LogP contribution in [0.15, 0.2) is 54.7 Å². The van der Waals surface area contributed by atoms with Crippen molar-refractivity contribution >= 4 is 23.0 Å². The van der Waals surface area contributed by atoms with Crippen LogP contribution in [-0.4, -0.2) is 28.2 Å². The monoisotopic (exact) mass is 378 g/mol. The van der Waals surface area contributed by atoms with Gasteiger partial charge in [-0.3, -0.25) is 4.79 Å². The Labute approximate surface area is 162 Å². The molecule has 4 rings (SSSR count). The van der Waals surface area contributed by atoms with Crippen molar-refractivity contribution < 1.29 is 19.4 Å². The lowest BCUT2D eigenvalue weighted by Gasteiger charge is -2.35. The lowest BCUT2D eigenvalue weighted by atomic mass is 9.76. The maximum atomic E-state index is 12.0. The van der Waals surface area contributed by atoms with E-state index in [1.54, 1.807) is 0 Å². The van der Waals surface area contributed by atoms with Crippen LogP contribution in [0.2, 0.25) is 0 Å². The van der Waals surface area contributed by atoms with Crippen molar-refractivity contribution in [3.63, 3.8) is 0 Å². The van der Waals surface area contributed by atoms with Gasteiger partial charge < -0.3 is 20.1 Å². The smallest absolute Gasteiger partial charge is 0.407 e. The summed E-state index contributed by atoms with van der Waals surface area (Å²) < 4.78 is 5.27. The van der Waals surface area contributed by atoms with Crippen LogP contribution < -0.4 is 5.32 Å². The largest absolute Gasteiger partial charge is 0.481 e. The highest BCUT2D eigenvalue weighted by molar-refractivity contribution is 5.85. The zero-order valence-corrected chi connectivity index (χ0v) is 15.4. The van der Waals surface area contributed by atoms with Crippen LogP contribution >= 0.6 is 0 Å². The molecule has 1 aliphatic carbocycles. The van der Waals surface area contributed by atoms with Crippen molar-refractivity contribution in [3.8, 4) is 0 Å². The van der Waals surface area contributed by atoms with Gasteiger partial charge in [-0.2, -0.15) is 0 Å². The normalized spacial score (nSPS) is 18.4. The third kappa shape index (κ3) is 4.01. The van der Waals surface area contributed by atoms with Crippen LogP contribution in [0.5, 0.6) is 0 Å². The average Bonchev–Trinajstić information content (AvgIpc) is 3.06. The molecule has 0 bridgehead atoms. The Bertz CT molecular complexity index is 990. The zero-order valence-electron chi connectivity index (χ0n) is 15.4. The van der Waals surface area contributed by atoms with Crippen LogP contribution in [-0.2, 0) is 22.6 Å². The molecule has 0 aliphatic heterocycles. The molecule has 0 saturated heterocycles. The van der Waals surface area contributed by atoms with Gasteiger partial charge >= 0.3 is 12.1 Å². The van der Waals surface area contributed by atoms with Gasteiger partial charge in [0.15, 0.2) is 0 Å². The second kappa shape index (κ2) is 7.76. The molecular formula is C22H22N2O4. The quantitative estimate of drug-likeness (QED) is 0.605. The molecule has 1 aromatic heterocycles. The lowest BCUT2D eigenvalue weighted by molar-refractivity contribution is -0.136. The van der Waals surface area contributed by atoms with E-state index in [1.165, 1.54) is 5.56 Å². The number of aromatic nitrogens is 1. The first-order valence-electron chi connectivity index (χ1n) is 9.37. The maximum absolute atomic E-state index is 12.0. The van der Waals surface area contributed by atoms with Crippen LogP contribution in [0.3, 0.4) is 0 Å². The number of carbonyl (C=O) groups excluding carboxylic acids is 1. The summed E-state index contributed by atoms with van der Waals surface area (Å²) in [5.74, 6) is -0.494. The van der Waals surface area contributed by atoms with Gasteiger partial charge in [-0.05, 0) is 47.6 Å². The second-order valence-electron chi connectivity index (χ2n) is 7.27. The molecule has 1 saturated carbocycles. The Morgan fingerprint density at radius 2 is 1.89 bits per heavy atom. The van der Waals surface area contributed by atoms with Crippen LogP contribution in [0.1, 0.15) is 35.4 Å². The van der Waals surface area contributed by atoms with Gasteiger partial charge in [0, 0.05) is 23.1 Å². The molecule has 6 nitrogen and oxygen atoms in total. The molecular weight excluding hydrogens is 356 g/mol. The summed E-state index contributed by atoms with van der Waals surface area (Å²) in [6.45, 7) is 0.262. The number of carboxylic acid groups (broad SMARTS) is 1. The number of amides is 1. The standard InChI is InChI=1S/C22H22N2O4/c25-21(26)9-15-6-7-20-18(8-15)19(12-23-20)16-10-17(11-16)24-22(27)28-13-14-4-2-1-3-5-14/h1-8,12,16-17,23H,9-11,13H2,(H,24,27)(H,25,26). The fraction of sp³-hybridized carbons (Fsp3) is 0.273. The van der Waals surface area contributed by atoms with Crippen molar-refractivity contribution in [2.75, 3.05) is 0 Å². The molecule has 3 aromatic rings. The summed E-state index contributed by atoms with van der Waals surface area (Å²) in [6, 6.07) is 15.4. The highest BCUT2D eigenvalue weighted by Gasteiger charge is 2.33. The van der Waals surface area contributed by atoms with E-state index in [-0.39, 0.29) is 19.1 Å². The maximum Gasteiger partial charge on any atom is 0.407 e. The fourth-order valence-electron chi connectivity index (χ4n) is 3.73. The van der Waals surface area contributed by atoms with E-state index in [0.717, 1.165) is 34.9 Å². The number of fused-ring (bicyclic) bond motifs is 1. The Kier molecular flexibility index (Phi) is 5.02. The predicted molar refractivity (Wildman–Crippen MR) is 105 cm³/mol. The first-order chi connectivity index (χ1) is 13.6. The number of hydrogen-bond acceptors (Lipinski definition) is 3. The molecule has 28 heavy (non-hydrogen) atoms. The Hall–Kier alpha value is -3.28. The molecule has 1 heterocycles. The van der Waals surface area contributed by atoms with Crippen LogP contribution in [0.25, 0.3) is 10.9 Å². The molecule has 0 spiro atoms. The molecule has 2 aromatic carbocycles. The summed E-state index contributed by atoms with van der Waals surface area (Å²) in [4.78, 5) is 26.2. The molecule has 0 atom stereocenters. The molecule has 1 aliphatic rings.